The van der Waals surface area contributed by atoms with Gasteiger partial charge in [0.2, 0.25) is 6.20 Å². The Balaban J connectivity index is 3.26. The second-order valence-corrected chi connectivity index (χ2v) is 2.64. The van der Waals surface area contributed by atoms with Crippen LogP contribution in [0.25, 0.3) is 0 Å². The van der Waals surface area contributed by atoms with Crippen LogP contribution in [0.1, 0.15) is 0 Å². The molecule has 0 aliphatic rings. The SMILES string of the molecule is O=[N+]([O-])/C=C/SI. The standard InChI is InChI=1S/C2H2INO2S/c3-7-2-1-4(5)6/h1-2H/b2-1+. The molecule has 0 spiro atoms. The largest absolute Gasteiger partial charge is 0.259 e. The molecule has 0 radical (unpaired) electrons. The summed E-state index contributed by atoms with van der Waals surface area (Å²) in [6.45, 7) is 0. The van der Waals surface area contributed by atoms with Gasteiger partial charge in [0.1, 0.15) is 0 Å². The lowest BCUT2D eigenvalue weighted by atomic mass is 11.1. The van der Waals surface area contributed by atoms with Crippen LogP contribution in [0, 0.1) is 10.1 Å². The minimum atomic E-state index is -0.494. The third kappa shape index (κ3) is 6.22. The van der Waals surface area contributed by atoms with Gasteiger partial charge in [-0.05, 0) is 0 Å². The maximum absolute atomic E-state index is 9.46. The molecule has 0 saturated carbocycles. The normalized spacial score (nSPS) is 9.86. The monoisotopic (exact) mass is 231 g/mol. The number of nitrogens with zero attached hydrogens (tertiary/aromatic N) is 1. The molecule has 0 rings (SSSR count). The Morgan fingerprint density at radius 3 is 2.57 bits per heavy atom. The highest BCUT2D eigenvalue weighted by molar-refractivity contribution is 14.2. The number of halogens is 1. The smallest absolute Gasteiger partial charge is 0.241 e. The van der Waals surface area contributed by atoms with E-state index in [1.54, 1.807) is 0 Å². The first-order valence-corrected chi connectivity index (χ1v) is 4.77. The summed E-state index contributed by atoms with van der Waals surface area (Å²) in [6, 6.07) is 0. The molecule has 0 bridgehead atoms. The van der Waals surface area contributed by atoms with Gasteiger partial charge in [0.15, 0.2) is 0 Å². The van der Waals surface area contributed by atoms with Crippen LogP contribution in [0.4, 0.5) is 0 Å². The van der Waals surface area contributed by atoms with Crippen molar-refractivity contribution in [2.24, 2.45) is 0 Å². The maximum Gasteiger partial charge on any atom is 0.241 e. The fourth-order valence-corrected chi connectivity index (χ4v) is 0.612. The second kappa shape index (κ2) is 4.38. The Labute approximate surface area is 56.9 Å². The summed E-state index contributed by atoms with van der Waals surface area (Å²) in [4.78, 5) is 8.97. The van der Waals surface area contributed by atoms with Crippen molar-refractivity contribution < 1.29 is 4.92 Å². The van der Waals surface area contributed by atoms with E-state index in [2.05, 4.69) is 0 Å². The number of nitro groups is 1. The zero-order valence-corrected chi connectivity index (χ0v) is 6.18. The summed E-state index contributed by atoms with van der Waals surface area (Å²) in [7, 11) is 1.28. The summed E-state index contributed by atoms with van der Waals surface area (Å²) >= 11 is 1.95. The van der Waals surface area contributed by atoms with Crippen LogP contribution in [0.15, 0.2) is 11.6 Å². The van der Waals surface area contributed by atoms with Crippen LogP contribution in [-0.4, -0.2) is 4.92 Å². The van der Waals surface area contributed by atoms with Crippen molar-refractivity contribution in [2.45, 2.75) is 0 Å². The molecule has 0 heterocycles. The van der Waals surface area contributed by atoms with Crippen LogP contribution in [0.3, 0.4) is 0 Å². The Morgan fingerprint density at radius 2 is 2.43 bits per heavy atom. The summed E-state index contributed by atoms with van der Waals surface area (Å²) in [5.74, 6) is 0. The highest BCUT2D eigenvalue weighted by Crippen LogP contribution is 2.10. The lowest BCUT2D eigenvalue weighted by molar-refractivity contribution is -0.402. The molecular weight excluding hydrogens is 229 g/mol. The van der Waals surface area contributed by atoms with E-state index in [4.69, 9.17) is 0 Å². The van der Waals surface area contributed by atoms with Gasteiger partial charge in [-0.3, -0.25) is 10.1 Å². The molecule has 40 valence electrons. The second-order valence-electron chi connectivity index (χ2n) is 0.660. The van der Waals surface area contributed by atoms with Crippen LogP contribution in [0.5, 0.6) is 0 Å². The van der Waals surface area contributed by atoms with Crippen molar-refractivity contribution in [3.8, 4) is 0 Å². The van der Waals surface area contributed by atoms with Crippen molar-refractivity contribution in [3.63, 3.8) is 0 Å². The number of hydrogen-bond acceptors (Lipinski definition) is 3. The van der Waals surface area contributed by atoms with Crippen LogP contribution in [-0.2, 0) is 0 Å². The highest BCUT2D eigenvalue weighted by atomic mass is 127. The van der Waals surface area contributed by atoms with Gasteiger partial charge < -0.3 is 0 Å². The summed E-state index contributed by atoms with van der Waals surface area (Å²) in [5.41, 5.74) is 0. The lowest BCUT2D eigenvalue weighted by Crippen LogP contribution is -1.79. The van der Waals surface area contributed by atoms with Crippen molar-refractivity contribution in [3.05, 3.63) is 21.7 Å². The maximum atomic E-state index is 9.46. The van der Waals surface area contributed by atoms with Gasteiger partial charge in [-0.1, -0.05) is 8.93 Å². The minimum absolute atomic E-state index is 0.494. The van der Waals surface area contributed by atoms with Gasteiger partial charge >= 0.3 is 0 Å². The van der Waals surface area contributed by atoms with E-state index in [-0.39, 0.29) is 0 Å². The van der Waals surface area contributed by atoms with Gasteiger partial charge in [-0.2, -0.15) is 0 Å². The first kappa shape index (κ1) is 7.22. The molecule has 5 heteroatoms. The van der Waals surface area contributed by atoms with Gasteiger partial charge in [0, 0.05) is 21.2 Å². The summed E-state index contributed by atoms with van der Waals surface area (Å²) < 4.78 is 0. The average Bonchev–Trinajstić information content (AvgIpc) is 1.61. The van der Waals surface area contributed by atoms with Crippen molar-refractivity contribution in [2.75, 3.05) is 0 Å². The molecule has 0 fully saturated rings. The van der Waals surface area contributed by atoms with Crippen LogP contribution >= 0.6 is 30.1 Å². The molecule has 7 heavy (non-hydrogen) atoms. The van der Waals surface area contributed by atoms with Gasteiger partial charge in [-0.25, -0.2) is 0 Å². The molecule has 0 atom stereocenters. The zero-order valence-electron chi connectivity index (χ0n) is 3.20. The fraction of sp³-hybridized carbons (Fsp3) is 0. The van der Waals surface area contributed by atoms with Gasteiger partial charge in [-0.15, -0.1) is 0 Å². The fourth-order valence-electron chi connectivity index (χ4n) is 0.0727. The Hall–Kier alpha value is 0.220. The van der Waals surface area contributed by atoms with E-state index >= 15 is 0 Å². The lowest BCUT2D eigenvalue weighted by Gasteiger charge is -1.71. The van der Waals surface area contributed by atoms with Crippen LogP contribution < -0.4 is 0 Å². The molecule has 0 amide bonds. The van der Waals surface area contributed by atoms with E-state index < -0.39 is 4.92 Å². The predicted octanol–water partition coefficient (Wildman–Crippen LogP) is 1.82. The first-order chi connectivity index (χ1) is 3.27. The van der Waals surface area contributed by atoms with E-state index in [0.29, 0.717) is 0 Å². The molecule has 0 unspecified atom stereocenters. The van der Waals surface area contributed by atoms with Gasteiger partial charge in [0.25, 0.3) is 0 Å². The molecule has 0 aliphatic heterocycles. The first-order valence-electron chi connectivity index (χ1n) is 1.35. The van der Waals surface area contributed by atoms with Crippen molar-refractivity contribution >= 4 is 30.1 Å². The molecule has 0 aromatic carbocycles. The summed E-state index contributed by atoms with van der Waals surface area (Å²) in [5, 5.41) is 10.9. The molecular formula is C2H2INO2S. The zero-order chi connectivity index (χ0) is 5.70. The number of hydrogen-bond donors (Lipinski definition) is 0. The van der Waals surface area contributed by atoms with Crippen LogP contribution in [0.2, 0.25) is 0 Å². The van der Waals surface area contributed by atoms with E-state index in [1.807, 2.05) is 21.2 Å². The minimum Gasteiger partial charge on any atom is -0.259 e. The molecule has 3 nitrogen and oxygen atoms in total. The Kier molecular flexibility index (Phi) is 4.52. The van der Waals surface area contributed by atoms with E-state index in [0.717, 1.165) is 6.20 Å². The number of rotatable bonds is 2. The topological polar surface area (TPSA) is 43.1 Å². The highest BCUT2D eigenvalue weighted by Gasteiger charge is 1.78. The summed E-state index contributed by atoms with van der Waals surface area (Å²) in [6.07, 6.45) is 0.900. The third-order valence-electron chi connectivity index (χ3n) is 0.234. The van der Waals surface area contributed by atoms with E-state index in [1.165, 1.54) is 14.3 Å². The average molecular weight is 231 g/mol. The molecule has 0 N–H and O–H groups in total. The van der Waals surface area contributed by atoms with E-state index in [9.17, 15) is 10.1 Å². The molecule has 0 aromatic heterocycles. The quantitative estimate of drug-likeness (QED) is 0.413. The van der Waals surface area contributed by atoms with Gasteiger partial charge in [0.05, 0.1) is 10.3 Å². The Morgan fingerprint density at radius 1 is 1.86 bits per heavy atom. The Bertz CT molecular complexity index is 93.7. The van der Waals surface area contributed by atoms with Crippen molar-refractivity contribution in [1.82, 2.24) is 0 Å². The molecule has 0 saturated heterocycles. The molecule has 0 aromatic rings. The predicted molar refractivity (Wildman–Crippen MR) is 37.7 cm³/mol. The molecule has 0 aliphatic carbocycles. The van der Waals surface area contributed by atoms with Crippen molar-refractivity contribution in [1.29, 1.82) is 0 Å². The third-order valence-corrected chi connectivity index (χ3v) is 1.34.